The number of carbonyl (C=O) groups excluding carboxylic acids is 1. The Morgan fingerprint density at radius 1 is 1.29 bits per heavy atom. The maximum absolute atomic E-state index is 12.5. The van der Waals surface area contributed by atoms with Gasteiger partial charge in [0.05, 0.1) is 0 Å². The molecule has 1 aromatic carbocycles. The summed E-state index contributed by atoms with van der Waals surface area (Å²) in [5, 5.41) is 14.1. The van der Waals surface area contributed by atoms with Gasteiger partial charge in [-0.1, -0.05) is 18.2 Å². The topological polar surface area (TPSA) is 54.3 Å². The van der Waals surface area contributed by atoms with Crippen molar-refractivity contribution in [2.24, 2.45) is 24.8 Å². The Kier molecular flexibility index (Phi) is 4.09. The highest BCUT2D eigenvalue weighted by atomic mass is 16.3. The molecule has 0 radical (unpaired) electrons. The number of aliphatic hydroxyl groups is 1. The SMILES string of the molecule is Cn1cc(CCC(=O)NC2C3CCC(C3)C2CO)c2ccccc21. The summed E-state index contributed by atoms with van der Waals surface area (Å²) in [6.45, 7) is 0.204. The number of hydrogen-bond donors (Lipinski definition) is 2. The van der Waals surface area contributed by atoms with E-state index < -0.39 is 0 Å². The summed E-state index contributed by atoms with van der Waals surface area (Å²) in [6.07, 6.45) is 7.01. The van der Waals surface area contributed by atoms with Gasteiger partial charge in [0.2, 0.25) is 5.91 Å². The zero-order valence-electron chi connectivity index (χ0n) is 14.2. The normalized spacial score (nSPS) is 28.6. The lowest BCUT2D eigenvalue weighted by Gasteiger charge is -2.30. The van der Waals surface area contributed by atoms with Gasteiger partial charge in [0.1, 0.15) is 0 Å². The average molecular weight is 326 g/mol. The summed E-state index contributed by atoms with van der Waals surface area (Å²) >= 11 is 0. The molecule has 1 aromatic heterocycles. The van der Waals surface area contributed by atoms with E-state index in [-0.39, 0.29) is 24.5 Å². The van der Waals surface area contributed by atoms with Crippen molar-refractivity contribution in [2.75, 3.05) is 6.61 Å². The molecule has 0 spiro atoms. The number of carbonyl (C=O) groups is 1. The number of nitrogens with one attached hydrogen (secondary N) is 1. The van der Waals surface area contributed by atoms with Crippen molar-refractivity contribution in [3.8, 4) is 0 Å². The van der Waals surface area contributed by atoms with E-state index in [0.29, 0.717) is 18.3 Å². The van der Waals surface area contributed by atoms with Crippen LogP contribution in [0.2, 0.25) is 0 Å². The van der Waals surface area contributed by atoms with Gasteiger partial charge in [-0.15, -0.1) is 0 Å². The molecule has 2 aromatic rings. The smallest absolute Gasteiger partial charge is 0.220 e. The molecule has 2 aliphatic carbocycles. The predicted molar refractivity (Wildman–Crippen MR) is 94.6 cm³/mol. The fourth-order valence-corrected chi connectivity index (χ4v) is 5.03. The molecule has 0 saturated heterocycles. The highest BCUT2D eigenvalue weighted by Crippen LogP contribution is 2.48. The molecule has 4 nitrogen and oxygen atoms in total. The van der Waals surface area contributed by atoms with Crippen LogP contribution < -0.4 is 5.32 Å². The van der Waals surface area contributed by atoms with Gasteiger partial charge in [0.25, 0.3) is 0 Å². The molecule has 4 atom stereocenters. The van der Waals surface area contributed by atoms with Gasteiger partial charge in [-0.05, 0) is 49.1 Å². The zero-order chi connectivity index (χ0) is 16.7. The number of amides is 1. The Morgan fingerprint density at radius 2 is 2.08 bits per heavy atom. The predicted octanol–water partition coefficient (Wildman–Crippen LogP) is 2.63. The minimum atomic E-state index is 0.124. The molecule has 1 heterocycles. The Hall–Kier alpha value is -1.81. The van der Waals surface area contributed by atoms with E-state index in [4.69, 9.17) is 0 Å². The number of fused-ring (bicyclic) bond motifs is 3. The molecule has 2 saturated carbocycles. The molecule has 0 aliphatic heterocycles. The third-order valence-electron chi connectivity index (χ3n) is 6.23. The molecule has 2 fully saturated rings. The first kappa shape index (κ1) is 15.7. The van der Waals surface area contributed by atoms with Crippen molar-refractivity contribution in [1.82, 2.24) is 9.88 Å². The van der Waals surface area contributed by atoms with Gasteiger partial charge in [-0.2, -0.15) is 0 Å². The molecule has 4 rings (SSSR count). The van der Waals surface area contributed by atoms with Crippen LogP contribution in [0.5, 0.6) is 0 Å². The van der Waals surface area contributed by atoms with Crippen LogP contribution in [0, 0.1) is 17.8 Å². The lowest BCUT2D eigenvalue weighted by Crippen LogP contribution is -2.45. The first-order valence-corrected chi connectivity index (χ1v) is 9.10. The third-order valence-corrected chi connectivity index (χ3v) is 6.23. The van der Waals surface area contributed by atoms with Crippen molar-refractivity contribution in [2.45, 2.75) is 38.1 Å². The van der Waals surface area contributed by atoms with Crippen molar-refractivity contribution >= 4 is 16.8 Å². The molecule has 24 heavy (non-hydrogen) atoms. The fourth-order valence-electron chi connectivity index (χ4n) is 5.03. The summed E-state index contributed by atoms with van der Waals surface area (Å²) in [5.41, 5.74) is 2.44. The van der Waals surface area contributed by atoms with Gasteiger partial charge in [0.15, 0.2) is 0 Å². The number of para-hydroxylation sites is 1. The standard InChI is InChI=1S/C20H26N2O2/c1-22-11-15(16-4-2-3-5-18(16)22)8-9-19(24)21-20-14-7-6-13(10-14)17(20)12-23/h2-5,11,13-14,17,20,23H,6-10,12H2,1H3,(H,21,24). The monoisotopic (exact) mass is 326 g/mol. The van der Waals surface area contributed by atoms with E-state index in [1.807, 2.05) is 19.2 Å². The van der Waals surface area contributed by atoms with Crippen LogP contribution in [0.4, 0.5) is 0 Å². The maximum Gasteiger partial charge on any atom is 0.220 e. The first-order chi connectivity index (χ1) is 11.7. The van der Waals surface area contributed by atoms with Crippen LogP contribution in [0.1, 0.15) is 31.2 Å². The van der Waals surface area contributed by atoms with E-state index in [2.05, 4.69) is 28.2 Å². The van der Waals surface area contributed by atoms with Crippen LogP contribution in [-0.4, -0.2) is 28.2 Å². The number of hydrogen-bond acceptors (Lipinski definition) is 2. The summed E-state index contributed by atoms with van der Waals surface area (Å²) < 4.78 is 2.13. The second-order valence-corrected chi connectivity index (χ2v) is 7.56. The van der Waals surface area contributed by atoms with Gasteiger partial charge in [-0.25, -0.2) is 0 Å². The minimum absolute atomic E-state index is 0.124. The third kappa shape index (κ3) is 2.63. The van der Waals surface area contributed by atoms with E-state index in [9.17, 15) is 9.90 Å². The van der Waals surface area contributed by atoms with E-state index in [1.54, 1.807) is 0 Å². The largest absolute Gasteiger partial charge is 0.396 e. The number of nitrogens with zero attached hydrogens (tertiary/aromatic N) is 1. The first-order valence-electron chi connectivity index (χ1n) is 9.10. The Balaban J connectivity index is 1.40. The molecule has 1 amide bonds. The second kappa shape index (κ2) is 6.25. The fraction of sp³-hybridized carbons (Fsp3) is 0.550. The lowest BCUT2D eigenvalue weighted by molar-refractivity contribution is -0.122. The summed E-state index contributed by atoms with van der Waals surface area (Å²) in [5.74, 6) is 1.58. The quantitative estimate of drug-likeness (QED) is 0.887. The number of rotatable bonds is 5. The molecule has 2 bridgehead atoms. The van der Waals surface area contributed by atoms with Gasteiger partial charge in [0, 0.05) is 49.1 Å². The van der Waals surface area contributed by atoms with E-state index >= 15 is 0 Å². The molecule has 4 heteroatoms. The number of benzene rings is 1. The second-order valence-electron chi connectivity index (χ2n) is 7.56. The highest BCUT2D eigenvalue weighted by molar-refractivity contribution is 5.85. The Labute approximate surface area is 142 Å². The van der Waals surface area contributed by atoms with Crippen molar-refractivity contribution in [3.05, 3.63) is 36.0 Å². The number of aryl methyl sites for hydroxylation is 2. The van der Waals surface area contributed by atoms with Crippen LogP contribution in [-0.2, 0) is 18.3 Å². The average Bonchev–Trinajstić information content (AvgIpc) is 3.27. The van der Waals surface area contributed by atoms with Crippen LogP contribution in [0.15, 0.2) is 30.5 Å². The van der Waals surface area contributed by atoms with Crippen LogP contribution >= 0.6 is 0 Å². The Bertz CT molecular complexity index is 751. The van der Waals surface area contributed by atoms with Gasteiger partial charge < -0.3 is 15.0 Å². The molecule has 128 valence electrons. The molecule has 2 aliphatic rings. The molecular formula is C20H26N2O2. The molecular weight excluding hydrogens is 300 g/mol. The van der Waals surface area contributed by atoms with Crippen LogP contribution in [0.25, 0.3) is 10.9 Å². The highest BCUT2D eigenvalue weighted by Gasteiger charge is 2.47. The van der Waals surface area contributed by atoms with E-state index in [0.717, 1.165) is 6.42 Å². The van der Waals surface area contributed by atoms with Gasteiger partial charge in [-0.3, -0.25) is 4.79 Å². The van der Waals surface area contributed by atoms with Gasteiger partial charge >= 0.3 is 0 Å². The maximum atomic E-state index is 12.5. The van der Waals surface area contributed by atoms with Crippen molar-refractivity contribution in [1.29, 1.82) is 0 Å². The zero-order valence-corrected chi connectivity index (χ0v) is 14.2. The van der Waals surface area contributed by atoms with Crippen molar-refractivity contribution in [3.63, 3.8) is 0 Å². The summed E-state index contributed by atoms with van der Waals surface area (Å²) in [4.78, 5) is 12.5. The molecule has 4 unspecified atom stereocenters. The molecule has 2 N–H and O–H groups in total. The van der Waals surface area contributed by atoms with E-state index in [1.165, 1.54) is 35.7 Å². The Morgan fingerprint density at radius 3 is 2.92 bits per heavy atom. The minimum Gasteiger partial charge on any atom is -0.396 e. The van der Waals surface area contributed by atoms with Crippen LogP contribution in [0.3, 0.4) is 0 Å². The lowest BCUT2D eigenvalue weighted by atomic mass is 9.85. The van der Waals surface area contributed by atoms with Crippen molar-refractivity contribution < 1.29 is 9.90 Å². The number of aromatic nitrogens is 1. The summed E-state index contributed by atoms with van der Waals surface area (Å²) in [6, 6.07) is 8.52. The number of aliphatic hydroxyl groups excluding tert-OH is 1. The summed E-state index contributed by atoms with van der Waals surface area (Å²) in [7, 11) is 2.05.